The van der Waals surface area contributed by atoms with E-state index >= 15 is 0 Å². The van der Waals surface area contributed by atoms with E-state index in [0.29, 0.717) is 15.8 Å². The monoisotopic (exact) mass is 320 g/mol. The van der Waals surface area contributed by atoms with Crippen LogP contribution >= 0.6 is 15.9 Å². The largest absolute Gasteiger partial charge is 0.497 e. The molecule has 1 aromatic carbocycles. The molecule has 3 nitrogen and oxygen atoms in total. The summed E-state index contributed by atoms with van der Waals surface area (Å²) in [5.74, 6) is 0.672. The lowest BCUT2D eigenvalue weighted by Crippen LogP contribution is -2.04. The summed E-state index contributed by atoms with van der Waals surface area (Å²) in [6.45, 7) is 0. The highest BCUT2D eigenvalue weighted by molar-refractivity contribution is 9.10. The molecule has 96 valence electrons. The summed E-state index contributed by atoms with van der Waals surface area (Å²) < 4.78 is 43.0. The molecular formula is C11H8BrF3N2O. The minimum Gasteiger partial charge on any atom is -0.497 e. The summed E-state index contributed by atoms with van der Waals surface area (Å²) in [7, 11) is 1.48. The van der Waals surface area contributed by atoms with E-state index < -0.39 is 11.9 Å². The molecule has 0 saturated heterocycles. The predicted molar refractivity (Wildman–Crippen MR) is 63.3 cm³/mol. The van der Waals surface area contributed by atoms with E-state index in [2.05, 4.69) is 25.9 Å². The quantitative estimate of drug-likeness (QED) is 0.912. The standard InChI is InChI=1S/C11H8BrF3N2O/c1-18-8-3-6(2-7(12)4-8)10-16-5-9(17-10)11(13,14)15/h2-5H,1H3,(H,16,17). The fourth-order valence-electron chi connectivity index (χ4n) is 1.43. The second-order valence-corrected chi connectivity index (χ2v) is 4.44. The molecule has 1 aromatic heterocycles. The molecule has 2 aromatic rings. The van der Waals surface area contributed by atoms with Crippen LogP contribution in [0.4, 0.5) is 13.2 Å². The van der Waals surface area contributed by atoms with E-state index in [4.69, 9.17) is 4.74 Å². The van der Waals surface area contributed by atoms with Gasteiger partial charge >= 0.3 is 6.18 Å². The number of halogens is 4. The Balaban J connectivity index is 2.43. The van der Waals surface area contributed by atoms with Gasteiger partial charge in [-0.05, 0) is 18.2 Å². The molecule has 1 N–H and O–H groups in total. The number of benzene rings is 1. The number of hydrogen-bond acceptors (Lipinski definition) is 2. The lowest BCUT2D eigenvalue weighted by Gasteiger charge is -2.04. The lowest BCUT2D eigenvalue weighted by molar-refractivity contribution is -0.140. The SMILES string of the molecule is COc1cc(Br)cc(-c2ncc(C(F)(F)F)[nH]2)c1. The van der Waals surface area contributed by atoms with Crippen molar-refractivity contribution < 1.29 is 17.9 Å². The predicted octanol–water partition coefficient (Wildman–Crippen LogP) is 3.87. The first kappa shape index (κ1) is 12.9. The highest BCUT2D eigenvalue weighted by Gasteiger charge is 2.33. The number of aromatic amines is 1. The lowest BCUT2D eigenvalue weighted by atomic mass is 10.2. The number of alkyl halides is 3. The molecule has 0 aliphatic rings. The zero-order chi connectivity index (χ0) is 13.3. The fourth-order valence-corrected chi connectivity index (χ4v) is 1.90. The molecule has 7 heteroatoms. The maximum absolute atomic E-state index is 12.4. The summed E-state index contributed by atoms with van der Waals surface area (Å²) in [6.07, 6.45) is -3.66. The topological polar surface area (TPSA) is 37.9 Å². The molecular weight excluding hydrogens is 313 g/mol. The first-order chi connectivity index (χ1) is 8.40. The Morgan fingerprint density at radius 1 is 1.28 bits per heavy atom. The van der Waals surface area contributed by atoms with E-state index in [1.165, 1.54) is 7.11 Å². The van der Waals surface area contributed by atoms with Gasteiger partial charge in [-0.2, -0.15) is 13.2 Å². The Bertz CT molecular complexity index is 566. The van der Waals surface area contributed by atoms with Gasteiger partial charge in [0.1, 0.15) is 17.3 Å². The molecule has 1 heterocycles. The number of methoxy groups -OCH3 is 1. The highest BCUT2D eigenvalue weighted by Crippen LogP contribution is 2.31. The van der Waals surface area contributed by atoms with Gasteiger partial charge in [0.2, 0.25) is 0 Å². The Morgan fingerprint density at radius 2 is 2.00 bits per heavy atom. The number of hydrogen-bond donors (Lipinski definition) is 1. The van der Waals surface area contributed by atoms with Crippen LogP contribution in [0.25, 0.3) is 11.4 Å². The molecule has 0 spiro atoms. The van der Waals surface area contributed by atoms with Crippen LogP contribution in [0, 0.1) is 0 Å². The van der Waals surface area contributed by atoms with Crippen molar-refractivity contribution in [2.75, 3.05) is 7.11 Å². The van der Waals surface area contributed by atoms with Crippen LogP contribution in [0.3, 0.4) is 0 Å². The van der Waals surface area contributed by atoms with Gasteiger partial charge in [0.05, 0.1) is 13.3 Å². The maximum Gasteiger partial charge on any atom is 0.432 e. The van der Waals surface area contributed by atoms with Gasteiger partial charge in [0, 0.05) is 10.0 Å². The van der Waals surface area contributed by atoms with Gasteiger partial charge in [-0.3, -0.25) is 0 Å². The van der Waals surface area contributed by atoms with E-state index in [9.17, 15) is 13.2 Å². The van der Waals surface area contributed by atoms with Gasteiger partial charge in [-0.15, -0.1) is 0 Å². The molecule has 0 fully saturated rings. The number of H-pyrrole nitrogens is 1. The van der Waals surface area contributed by atoms with Gasteiger partial charge in [0.15, 0.2) is 0 Å². The van der Waals surface area contributed by atoms with E-state index in [1.807, 2.05) is 0 Å². The van der Waals surface area contributed by atoms with Crippen molar-refractivity contribution in [3.05, 3.63) is 34.6 Å². The average molecular weight is 321 g/mol. The summed E-state index contributed by atoms with van der Waals surface area (Å²) in [4.78, 5) is 5.95. The van der Waals surface area contributed by atoms with Gasteiger partial charge in [0.25, 0.3) is 0 Å². The van der Waals surface area contributed by atoms with Gasteiger partial charge in [-0.25, -0.2) is 4.98 Å². The Hall–Kier alpha value is -1.50. The Kier molecular flexibility index (Phi) is 3.34. The summed E-state index contributed by atoms with van der Waals surface area (Å²) in [6, 6.07) is 4.96. The maximum atomic E-state index is 12.4. The van der Waals surface area contributed by atoms with Crippen LogP contribution in [-0.2, 0) is 6.18 Å². The number of imidazole rings is 1. The zero-order valence-electron chi connectivity index (χ0n) is 9.18. The van der Waals surface area contributed by atoms with Crippen molar-refractivity contribution in [1.82, 2.24) is 9.97 Å². The normalized spacial score (nSPS) is 11.6. The van der Waals surface area contributed by atoms with Crippen LogP contribution in [-0.4, -0.2) is 17.1 Å². The van der Waals surface area contributed by atoms with Gasteiger partial charge in [-0.1, -0.05) is 15.9 Å². The van der Waals surface area contributed by atoms with Crippen LogP contribution < -0.4 is 4.74 Å². The minimum atomic E-state index is -4.43. The third-order valence-electron chi connectivity index (χ3n) is 2.26. The summed E-state index contributed by atoms with van der Waals surface area (Å²) >= 11 is 3.25. The van der Waals surface area contributed by atoms with Crippen molar-refractivity contribution in [3.8, 4) is 17.1 Å². The van der Waals surface area contributed by atoms with Crippen LogP contribution in [0.15, 0.2) is 28.9 Å². The summed E-state index contributed by atoms with van der Waals surface area (Å²) in [5.41, 5.74) is -0.367. The number of aromatic nitrogens is 2. The molecule has 2 rings (SSSR count). The molecule has 0 aliphatic carbocycles. The molecule has 0 aliphatic heterocycles. The third kappa shape index (κ3) is 2.66. The number of ether oxygens (including phenoxy) is 1. The Morgan fingerprint density at radius 3 is 2.56 bits per heavy atom. The number of nitrogens with zero attached hydrogens (tertiary/aromatic N) is 1. The summed E-state index contributed by atoms with van der Waals surface area (Å²) in [5, 5.41) is 0. The average Bonchev–Trinajstić information content (AvgIpc) is 2.77. The first-order valence-corrected chi connectivity index (χ1v) is 5.66. The first-order valence-electron chi connectivity index (χ1n) is 4.87. The number of rotatable bonds is 2. The number of nitrogens with one attached hydrogen (secondary N) is 1. The van der Waals surface area contributed by atoms with Crippen LogP contribution in [0.5, 0.6) is 5.75 Å². The zero-order valence-corrected chi connectivity index (χ0v) is 10.8. The molecule has 0 bridgehead atoms. The van der Waals surface area contributed by atoms with E-state index in [-0.39, 0.29) is 5.82 Å². The molecule has 18 heavy (non-hydrogen) atoms. The Labute approximate surface area is 109 Å². The van der Waals surface area contributed by atoms with Gasteiger partial charge < -0.3 is 9.72 Å². The molecule has 0 atom stereocenters. The molecule has 0 saturated carbocycles. The van der Waals surface area contributed by atoms with Crippen molar-refractivity contribution >= 4 is 15.9 Å². The van der Waals surface area contributed by atoms with Crippen LogP contribution in [0.2, 0.25) is 0 Å². The van der Waals surface area contributed by atoms with Crippen molar-refractivity contribution in [3.63, 3.8) is 0 Å². The minimum absolute atomic E-state index is 0.141. The van der Waals surface area contributed by atoms with Crippen molar-refractivity contribution in [1.29, 1.82) is 0 Å². The third-order valence-corrected chi connectivity index (χ3v) is 2.72. The molecule has 0 amide bonds. The van der Waals surface area contributed by atoms with Crippen molar-refractivity contribution in [2.45, 2.75) is 6.18 Å². The fraction of sp³-hybridized carbons (Fsp3) is 0.182. The smallest absolute Gasteiger partial charge is 0.432 e. The van der Waals surface area contributed by atoms with E-state index in [1.54, 1.807) is 18.2 Å². The molecule has 0 radical (unpaired) electrons. The second-order valence-electron chi connectivity index (χ2n) is 3.52. The van der Waals surface area contributed by atoms with Crippen molar-refractivity contribution in [2.24, 2.45) is 0 Å². The van der Waals surface area contributed by atoms with Crippen LogP contribution in [0.1, 0.15) is 5.69 Å². The second kappa shape index (κ2) is 4.64. The highest BCUT2D eigenvalue weighted by atomic mass is 79.9. The van der Waals surface area contributed by atoms with E-state index in [0.717, 1.165) is 6.20 Å². The molecule has 0 unspecified atom stereocenters.